The van der Waals surface area contributed by atoms with Gasteiger partial charge in [0.1, 0.15) is 30.2 Å². The van der Waals surface area contributed by atoms with Gasteiger partial charge >= 0.3 is 0 Å². The van der Waals surface area contributed by atoms with E-state index < -0.39 is 37.3 Å². The topological polar surface area (TPSA) is 104 Å². The lowest BCUT2D eigenvalue weighted by Crippen LogP contribution is -2.56. The molecule has 160 valence electrons. The summed E-state index contributed by atoms with van der Waals surface area (Å²) in [6, 6.07) is 13.9. The maximum Gasteiger partial charge on any atom is 0.163 e. The molecule has 0 unspecified atom stereocenters. The molecule has 4 N–H and O–H groups in total. The van der Waals surface area contributed by atoms with Crippen molar-refractivity contribution in [2.24, 2.45) is 0 Å². The average Bonchev–Trinajstić information content (AvgIpc) is 3.10. The van der Waals surface area contributed by atoms with E-state index in [4.69, 9.17) is 9.47 Å². The quantitative estimate of drug-likeness (QED) is 0.506. The van der Waals surface area contributed by atoms with Gasteiger partial charge in [-0.25, -0.2) is 0 Å². The first-order valence-electron chi connectivity index (χ1n) is 9.96. The lowest BCUT2D eigenvalue weighted by atomic mass is 9.98. The summed E-state index contributed by atoms with van der Waals surface area (Å²) in [5.74, 6) is 0.790. The van der Waals surface area contributed by atoms with Crippen molar-refractivity contribution in [1.29, 1.82) is 0 Å². The monoisotopic (exact) mass is 413 g/mol. The fourth-order valence-corrected chi connectivity index (χ4v) is 4.06. The van der Waals surface area contributed by atoms with Crippen molar-refractivity contribution in [1.82, 2.24) is 4.57 Å². The number of methoxy groups -OCH3 is 1. The molecule has 0 spiro atoms. The first kappa shape index (κ1) is 20.8. The second kappa shape index (κ2) is 8.37. The molecule has 1 saturated heterocycles. The van der Waals surface area contributed by atoms with Crippen LogP contribution in [0.4, 0.5) is 0 Å². The number of aromatic nitrogens is 1. The molecule has 2 aromatic carbocycles. The molecular formula is C23H27NO6. The summed E-state index contributed by atoms with van der Waals surface area (Å²) in [6.07, 6.45) is -3.48. The highest BCUT2D eigenvalue weighted by molar-refractivity contribution is 5.85. The number of aliphatic hydroxyl groups is 4. The number of aryl methyl sites for hydroxylation is 1. The first-order chi connectivity index (χ1) is 14.4. The molecule has 0 saturated carbocycles. The molecule has 0 bridgehead atoms. The van der Waals surface area contributed by atoms with E-state index in [-0.39, 0.29) is 0 Å². The van der Waals surface area contributed by atoms with Crippen LogP contribution in [0.25, 0.3) is 10.9 Å². The molecule has 0 radical (unpaired) electrons. The van der Waals surface area contributed by atoms with E-state index in [1.807, 2.05) is 55.6 Å². The Morgan fingerprint density at radius 3 is 2.40 bits per heavy atom. The van der Waals surface area contributed by atoms with Crippen molar-refractivity contribution in [3.05, 3.63) is 65.4 Å². The van der Waals surface area contributed by atoms with Gasteiger partial charge in [0.05, 0.1) is 19.2 Å². The molecule has 5 atom stereocenters. The highest BCUT2D eigenvalue weighted by atomic mass is 16.6. The largest absolute Gasteiger partial charge is 0.497 e. The minimum absolute atomic E-state index is 0.460. The Bertz CT molecular complexity index is 1010. The van der Waals surface area contributed by atoms with Crippen molar-refractivity contribution in [2.45, 2.75) is 44.0 Å². The van der Waals surface area contributed by atoms with Gasteiger partial charge in [-0.1, -0.05) is 24.3 Å². The van der Waals surface area contributed by atoms with Crippen LogP contribution in [0, 0.1) is 6.92 Å². The van der Waals surface area contributed by atoms with E-state index >= 15 is 0 Å². The Hall–Kier alpha value is -2.42. The Kier molecular flexibility index (Phi) is 5.81. The van der Waals surface area contributed by atoms with Crippen LogP contribution in [-0.4, -0.2) is 63.1 Å². The SMILES string of the molecule is COc1ccc(Cc2cn([C@@H]3O[C@H](CO)[C@@H](O)[C@H](O)[C@H]3O)c3cc(C)ccc23)cc1. The predicted octanol–water partition coefficient (Wildman–Crippen LogP) is 1.52. The molecule has 7 nitrogen and oxygen atoms in total. The standard InChI is InChI=1S/C23H27NO6/c1-13-3-8-17-15(10-14-4-6-16(29-2)7-5-14)11-24(18(17)9-13)23-22(28)21(27)20(26)19(12-25)30-23/h3-9,11,19-23,25-28H,10,12H2,1-2H3/t19-,20-,21+,22-,23-/m1/s1. The van der Waals surface area contributed by atoms with Gasteiger partial charge < -0.3 is 34.5 Å². The van der Waals surface area contributed by atoms with Crippen LogP contribution in [0.1, 0.15) is 22.9 Å². The summed E-state index contributed by atoms with van der Waals surface area (Å²) in [6.45, 7) is 1.52. The minimum Gasteiger partial charge on any atom is -0.497 e. The summed E-state index contributed by atoms with van der Waals surface area (Å²) >= 11 is 0. The smallest absolute Gasteiger partial charge is 0.163 e. The maximum atomic E-state index is 10.6. The molecule has 7 heteroatoms. The van der Waals surface area contributed by atoms with Gasteiger partial charge in [0.2, 0.25) is 0 Å². The molecule has 30 heavy (non-hydrogen) atoms. The summed E-state index contributed by atoms with van der Waals surface area (Å²) in [4.78, 5) is 0. The Morgan fingerprint density at radius 2 is 1.73 bits per heavy atom. The molecule has 1 aromatic heterocycles. The molecular weight excluding hydrogens is 386 g/mol. The second-order valence-electron chi connectivity index (χ2n) is 7.83. The van der Waals surface area contributed by atoms with Crippen molar-refractivity contribution < 1.29 is 29.9 Å². The van der Waals surface area contributed by atoms with Gasteiger partial charge in [-0.2, -0.15) is 0 Å². The van der Waals surface area contributed by atoms with Gasteiger partial charge in [0.15, 0.2) is 6.23 Å². The highest BCUT2D eigenvalue weighted by Crippen LogP contribution is 2.34. The fourth-order valence-electron chi connectivity index (χ4n) is 4.06. The van der Waals surface area contributed by atoms with E-state index in [0.717, 1.165) is 33.3 Å². The predicted molar refractivity (Wildman–Crippen MR) is 111 cm³/mol. The fraction of sp³-hybridized carbons (Fsp3) is 0.391. The molecule has 0 amide bonds. The van der Waals surface area contributed by atoms with Gasteiger partial charge in [-0.05, 0) is 48.2 Å². The third-order valence-electron chi connectivity index (χ3n) is 5.77. The normalized spacial score (nSPS) is 26.8. The van der Waals surface area contributed by atoms with E-state index in [1.54, 1.807) is 11.7 Å². The number of hydrogen-bond acceptors (Lipinski definition) is 6. The molecule has 1 aliphatic heterocycles. The number of aliphatic hydroxyl groups excluding tert-OH is 4. The molecule has 2 heterocycles. The Labute approximate surface area is 174 Å². The van der Waals surface area contributed by atoms with Gasteiger partial charge in [-0.3, -0.25) is 0 Å². The third-order valence-corrected chi connectivity index (χ3v) is 5.77. The molecule has 1 aliphatic rings. The van der Waals surface area contributed by atoms with Gasteiger partial charge in [-0.15, -0.1) is 0 Å². The second-order valence-corrected chi connectivity index (χ2v) is 7.83. The van der Waals surface area contributed by atoms with Crippen LogP contribution in [0.3, 0.4) is 0 Å². The summed E-state index contributed by atoms with van der Waals surface area (Å²) in [5, 5.41) is 41.5. The van der Waals surface area contributed by atoms with Crippen LogP contribution in [0.2, 0.25) is 0 Å². The van der Waals surface area contributed by atoms with E-state index in [2.05, 4.69) is 0 Å². The van der Waals surface area contributed by atoms with Gasteiger partial charge in [0, 0.05) is 11.6 Å². The number of nitrogens with zero attached hydrogens (tertiary/aromatic N) is 1. The van der Waals surface area contributed by atoms with E-state index in [1.165, 1.54) is 0 Å². The van der Waals surface area contributed by atoms with Crippen molar-refractivity contribution >= 4 is 10.9 Å². The number of ether oxygens (including phenoxy) is 2. The lowest BCUT2D eigenvalue weighted by molar-refractivity contribution is -0.250. The Balaban J connectivity index is 1.75. The first-order valence-corrected chi connectivity index (χ1v) is 9.96. The summed E-state index contributed by atoms with van der Waals surface area (Å²) in [7, 11) is 1.63. The third kappa shape index (κ3) is 3.71. The number of hydrogen-bond donors (Lipinski definition) is 4. The molecule has 3 aromatic rings. The summed E-state index contributed by atoms with van der Waals surface area (Å²) < 4.78 is 12.8. The minimum atomic E-state index is -1.42. The molecule has 1 fully saturated rings. The van der Waals surface area contributed by atoms with E-state index in [9.17, 15) is 20.4 Å². The van der Waals surface area contributed by atoms with Crippen LogP contribution in [0.15, 0.2) is 48.7 Å². The number of benzene rings is 2. The number of fused-ring (bicyclic) bond motifs is 1. The van der Waals surface area contributed by atoms with Crippen molar-refractivity contribution in [3.8, 4) is 5.75 Å². The zero-order valence-electron chi connectivity index (χ0n) is 17.0. The molecule has 4 rings (SSSR count). The summed E-state index contributed by atoms with van der Waals surface area (Å²) in [5.41, 5.74) is 4.03. The van der Waals surface area contributed by atoms with Crippen LogP contribution in [0.5, 0.6) is 5.75 Å². The highest BCUT2D eigenvalue weighted by Gasteiger charge is 2.44. The average molecular weight is 413 g/mol. The van der Waals surface area contributed by atoms with E-state index in [0.29, 0.717) is 6.42 Å². The van der Waals surface area contributed by atoms with Crippen molar-refractivity contribution in [2.75, 3.05) is 13.7 Å². The van der Waals surface area contributed by atoms with Gasteiger partial charge in [0.25, 0.3) is 0 Å². The van der Waals surface area contributed by atoms with Crippen LogP contribution < -0.4 is 4.74 Å². The van der Waals surface area contributed by atoms with Crippen LogP contribution in [-0.2, 0) is 11.2 Å². The van der Waals surface area contributed by atoms with Crippen molar-refractivity contribution in [3.63, 3.8) is 0 Å². The maximum absolute atomic E-state index is 10.6. The molecule has 0 aliphatic carbocycles. The zero-order valence-corrected chi connectivity index (χ0v) is 17.0. The zero-order chi connectivity index (χ0) is 21.4. The Morgan fingerprint density at radius 1 is 1.00 bits per heavy atom. The van der Waals surface area contributed by atoms with Crippen LogP contribution >= 0.6 is 0 Å². The number of rotatable bonds is 5. The lowest BCUT2D eigenvalue weighted by Gasteiger charge is -2.40.